The maximum atomic E-state index is 12.9. The van der Waals surface area contributed by atoms with Crippen LogP contribution < -0.4 is 15.4 Å². The number of nitrogens with one attached hydrogen (secondary N) is 2. The fraction of sp³-hybridized carbons (Fsp3) is 0.318. The monoisotopic (exact) mass is 449 g/mol. The predicted molar refractivity (Wildman–Crippen MR) is 110 cm³/mol. The molecule has 0 aliphatic carbocycles. The zero-order valence-corrected chi connectivity index (χ0v) is 17.6. The fourth-order valence-electron chi connectivity index (χ4n) is 3.35. The number of amides is 4. The molecule has 1 heterocycles. The third-order valence-electron chi connectivity index (χ3n) is 5.08. The van der Waals surface area contributed by atoms with Crippen LogP contribution in [0.3, 0.4) is 0 Å². The average Bonchev–Trinajstić information content (AvgIpc) is 2.91. The Balaban J connectivity index is 1.71. The van der Waals surface area contributed by atoms with Gasteiger partial charge in [0.05, 0.1) is 0 Å². The quantitative estimate of drug-likeness (QED) is 0.650. The Morgan fingerprint density at radius 1 is 1.16 bits per heavy atom. The number of urea groups is 1. The summed E-state index contributed by atoms with van der Waals surface area (Å²) < 4.78 is 40.8. The van der Waals surface area contributed by atoms with E-state index < -0.39 is 42.0 Å². The van der Waals surface area contributed by atoms with Crippen molar-refractivity contribution in [3.8, 4) is 5.75 Å². The molecule has 1 atom stereocenters. The van der Waals surface area contributed by atoms with E-state index in [0.29, 0.717) is 5.69 Å². The van der Waals surface area contributed by atoms with Gasteiger partial charge < -0.3 is 15.4 Å². The van der Waals surface area contributed by atoms with E-state index >= 15 is 0 Å². The van der Waals surface area contributed by atoms with Gasteiger partial charge >= 0.3 is 12.4 Å². The number of carbonyl (C=O) groups excluding carboxylic acids is 3. The van der Waals surface area contributed by atoms with Crippen LogP contribution in [0.25, 0.3) is 0 Å². The van der Waals surface area contributed by atoms with E-state index in [1.165, 1.54) is 19.1 Å². The molecule has 2 aromatic rings. The highest BCUT2D eigenvalue weighted by Gasteiger charge is 2.49. The lowest BCUT2D eigenvalue weighted by Gasteiger charge is -2.22. The number of nitrogens with zero attached hydrogens (tertiary/aromatic N) is 1. The molecular formula is C22H22F3N3O4. The summed E-state index contributed by atoms with van der Waals surface area (Å²) in [6.45, 7) is 4.92. The van der Waals surface area contributed by atoms with Gasteiger partial charge in [-0.1, -0.05) is 38.1 Å². The van der Waals surface area contributed by atoms with Crippen LogP contribution >= 0.6 is 0 Å². The molecule has 1 saturated heterocycles. The number of benzene rings is 2. The second-order valence-electron chi connectivity index (χ2n) is 7.85. The topological polar surface area (TPSA) is 87.7 Å². The largest absolute Gasteiger partial charge is 0.573 e. The summed E-state index contributed by atoms with van der Waals surface area (Å²) in [6, 6.07) is 11.0. The summed E-state index contributed by atoms with van der Waals surface area (Å²) in [5.41, 5.74) is 0.267. The summed E-state index contributed by atoms with van der Waals surface area (Å²) in [7, 11) is 0. The van der Waals surface area contributed by atoms with Crippen LogP contribution in [0.2, 0.25) is 0 Å². The highest BCUT2D eigenvalue weighted by atomic mass is 19.4. The summed E-state index contributed by atoms with van der Waals surface area (Å²) in [4.78, 5) is 38.6. The average molecular weight is 449 g/mol. The van der Waals surface area contributed by atoms with Gasteiger partial charge in [0.1, 0.15) is 17.8 Å². The Bertz CT molecular complexity index is 1040. The van der Waals surface area contributed by atoms with E-state index in [9.17, 15) is 27.6 Å². The van der Waals surface area contributed by atoms with Crippen LogP contribution in [0.4, 0.5) is 23.7 Å². The van der Waals surface area contributed by atoms with Crippen LogP contribution in [0.15, 0.2) is 48.5 Å². The summed E-state index contributed by atoms with van der Waals surface area (Å²) in [6.07, 6.45) is -4.85. The second-order valence-corrected chi connectivity index (χ2v) is 7.85. The first-order chi connectivity index (χ1) is 14.9. The normalized spacial score (nSPS) is 18.7. The van der Waals surface area contributed by atoms with Crippen molar-refractivity contribution in [1.82, 2.24) is 10.2 Å². The minimum absolute atomic E-state index is 0.248. The molecule has 7 nitrogen and oxygen atoms in total. The molecule has 1 aliphatic heterocycles. The van der Waals surface area contributed by atoms with E-state index in [1.54, 1.807) is 12.1 Å². The smallest absolute Gasteiger partial charge is 0.406 e. The van der Waals surface area contributed by atoms with Gasteiger partial charge in [-0.25, -0.2) is 4.79 Å². The van der Waals surface area contributed by atoms with Crippen molar-refractivity contribution in [2.24, 2.45) is 0 Å². The predicted octanol–water partition coefficient (Wildman–Crippen LogP) is 4.11. The molecule has 3 rings (SSSR count). The SMILES string of the molecule is CC(C)c1cccc(NC(=O)CN2C(=O)NC(C)(c3ccc(OC(F)(F)F)cc3)C2=O)c1. The van der Waals surface area contributed by atoms with Gasteiger partial charge in [0.15, 0.2) is 0 Å². The number of hydrogen-bond acceptors (Lipinski definition) is 4. The third kappa shape index (κ3) is 5.01. The number of hydrogen-bond donors (Lipinski definition) is 2. The number of ether oxygens (including phenoxy) is 1. The standard InChI is InChI=1S/C22H22F3N3O4/c1-13(2)14-5-4-6-16(11-14)26-18(29)12-28-19(30)21(3,27-20(28)31)15-7-9-17(10-8-15)32-22(23,24)25/h4-11,13H,12H2,1-3H3,(H,26,29)(H,27,31). The lowest BCUT2D eigenvalue weighted by Crippen LogP contribution is -2.42. The van der Waals surface area contributed by atoms with Crippen molar-refractivity contribution in [3.05, 3.63) is 59.7 Å². The van der Waals surface area contributed by atoms with E-state index in [4.69, 9.17) is 0 Å². The first-order valence-electron chi connectivity index (χ1n) is 9.79. The third-order valence-corrected chi connectivity index (χ3v) is 5.08. The van der Waals surface area contributed by atoms with E-state index in [2.05, 4.69) is 15.4 Å². The van der Waals surface area contributed by atoms with Gasteiger partial charge in [0.25, 0.3) is 5.91 Å². The molecule has 0 spiro atoms. The summed E-state index contributed by atoms with van der Waals surface area (Å²) in [5.74, 6) is -1.46. The van der Waals surface area contributed by atoms with Crippen molar-refractivity contribution in [2.45, 2.75) is 38.6 Å². The van der Waals surface area contributed by atoms with Crippen molar-refractivity contribution < 1.29 is 32.3 Å². The number of imide groups is 1. The molecule has 0 aromatic heterocycles. The maximum Gasteiger partial charge on any atom is 0.573 e. The van der Waals surface area contributed by atoms with Crippen LogP contribution in [0.1, 0.15) is 37.8 Å². The highest BCUT2D eigenvalue weighted by Crippen LogP contribution is 2.31. The van der Waals surface area contributed by atoms with Crippen LogP contribution in [-0.2, 0) is 15.1 Å². The molecule has 10 heteroatoms. The number of rotatable bonds is 6. The Morgan fingerprint density at radius 2 is 1.81 bits per heavy atom. The van der Waals surface area contributed by atoms with Gasteiger partial charge in [-0.15, -0.1) is 13.2 Å². The molecule has 4 amide bonds. The zero-order chi connectivity index (χ0) is 23.7. The Hall–Kier alpha value is -3.56. The number of anilines is 1. The van der Waals surface area contributed by atoms with Gasteiger partial charge in [0.2, 0.25) is 5.91 Å². The van der Waals surface area contributed by atoms with Gasteiger partial charge in [-0.05, 0) is 48.2 Å². The van der Waals surface area contributed by atoms with Crippen molar-refractivity contribution >= 4 is 23.5 Å². The van der Waals surface area contributed by atoms with Gasteiger partial charge in [-0.2, -0.15) is 0 Å². The zero-order valence-electron chi connectivity index (χ0n) is 17.6. The van der Waals surface area contributed by atoms with E-state index in [-0.39, 0.29) is 11.5 Å². The second kappa shape index (κ2) is 8.52. The number of alkyl halides is 3. The first kappa shape index (κ1) is 23.1. The molecule has 1 fully saturated rings. The number of halogens is 3. The Labute approximate surface area is 182 Å². The highest BCUT2D eigenvalue weighted by molar-refractivity contribution is 6.10. The van der Waals surface area contributed by atoms with Crippen LogP contribution in [-0.4, -0.2) is 35.7 Å². The number of carbonyl (C=O) groups is 3. The minimum Gasteiger partial charge on any atom is -0.406 e. The molecule has 0 bridgehead atoms. The minimum atomic E-state index is -4.85. The fourth-order valence-corrected chi connectivity index (χ4v) is 3.35. The van der Waals surface area contributed by atoms with Gasteiger partial charge in [0, 0.05) is 5.69 Å². The lowest BCUT2D eigenvalue weighted by atomic mass is 9.92. The molecular weight excluding hydrogens is 427 g/mol. The molecule has 2 aromatic carbocycles. The Kier molecular flexibility index (Phi) is 6.16. The van der Waals surface area contributed by atoms with Crippen molar-refractivity contribution in [2.75, 3.05) is 11.9 Å². The molecule has 0 saturated carbocycles. The molecule has 170 valence electrons. The van der Waals surface area contributed by atoms with Crippen LogP contribution in [0.5, 0.6) is 5.75 Å². The van der Waals surface area contributed by atoms with Crippen molar-refractivity contribution in [3.63, 3.8) is 0 Å². The maximum absolute atomic E-state index is 12.9. The summed E-state index contributed by atoms with van der Waals surface area (Å²) in [5, 5.41) is 5.17. The van der Waals surface area contributed by atoms with E-state index in [0.717, 1.165) is 22.6 Å². The van der Waals surface area contributed by atoms with Gasteiger partial charge in [-0.3, -0.25) is 14.5 Å². The first-order valence-corrected chi connectivity index (χ1v) is 9.79. The Morgan fingerprint density at radius 3 is 2.41 bits per heavy atom. The summed E-state index contributed by atoms with van der Waals surface area (Å²) >= 11 is 0. The molecule has 1 unspecified atom stereocenters. The molecule has 32 heavy (non-hydrogen) atoms. The van der Waals surface area contributed by atoms with Crippen molar-refractivity contribution in [1.29, 1.82) is 0 Å². The lowest BCUT2D eigenvalue weighted by molar-refractivity contribution is -0.274. The molecule has 0 radical (unpaired) electrons. The van der Waals surface area contributed by atoms with Crippen LogP contribution in [0, 0.1) is 0 Å². The van der Waals surface area contributed by atoms with E-state index in [1.807, 2.05) is 26.0 Å². The molecule has 2 N–H and O–H groups in total. The molecule has 1 aliphatic rings.